The zero-order chi connectivity index (χ0) is 20.1. The predicted octanol–water partition coefficient (Wildman–Crippen LogP) is 4.46. The van der Waals surface area contributed by atoms with Gasteiger partial charge in [0.1, 0.15) is 11.4 Å². The predicted molar refractivity (Wildman–Crippen MR) is 111 cm³/mol. The normalized spacial score (nSPS) is 40.5. The van der Waals surface area contributed by atoms with Crippen LogP contribution in [0.2, 0.25) is 5.02 Å². The molecule has 0 aromatic heterocycles. The molecule has 4 aliphatic rings. The topological polar surface area (TPSA) is 64.3 Å². The van der Waals surface area contributed by atoms with Crippen LogP contribution < -0.4 is 15.8 Å². The van der Waals surface area contributed by atoms with Gasteiger partial charge in [0.25, 0.3) is 5.91 Å². The van der Waals surface area contributed by atoms with E-state index in [1.165, 1.54) is 12.8 Å². The standard InChI is InChI=1S/C23H31ClN2O2/c1-12-5-6-18-21(2,3)8-13(25)9-23(18)22(12,4)10-15-17(24)7-14-16(19(15)28-23)11-26-20(14)27/h7,12-13,18H,5-6,8-11,25H2,1-4H3,(H,26,27)/t12-,13+,18-,22+,23-/m0/s1. The molecule has 28 heavy (non-hydrogen) atoms. The second kappa shape index (κ2) is 5.66. The summed E-state index contributed by atoms with van der Waals surface area (Å²) in [5, 5.41) is 3.61. The van der Waals surface area contributed by atoms with Crippen LogP contribution in [-0.2, 0) is 13.0 Å². The van der Waals surface area contributed by atoms with Gasteiger partial charge in [0.15, 0.2) is 0 Å². The van der Waals surface area contributed by atoms with Gasteiger partial charge >= 0.3 is 0 Å². The summed E-state index contributed by atoms with van der Waals surface area (Å²) in [5.74, 6) is 1.79. The average molecular weight is 403 g/mol. The van der Waals surface area contributed by atoms with Gasteiger partial charge in [-0.1, -0.05) is 39.3 Å². The van der Waals surface area contributed by atoms with Crippen LogP contribution in [0.25, 0.3) is 0 Å². The molecule has 2 heterocycles. The third-order valence-electron chi connectivity index (χ3n) is 8.73. The number of benzene rings is 1. The molecule has 2 aliphatic carbocycles. The number of fused-ring (bicyclic) bond motifs is 3. The Hall–Kier alpha value is -1.26. The molecule has 4 nitrogen and oxygen atoms in total. The van der Waals surface area contributed by atoms with Gasteiger partial charge in [-0.25, -0.2) is 0 Å². The maximum absolute atomic E-state index is 12.3. The molecule has 152 valence electrons. The smallest absolute Gasteiger partial charge is 0.252 e. The summed E-state index contributed by atoms with van der Waals surface area (Å²) in [5.41, 5.74) is 9.17. The first kappa shape index (κ1) is 18.7. The first-order chi connectivity index (χ1) is 13.1. The van der Waals surface area contributed by atoms with E-state index in [2.05, 4.69) is 33.0 Å². The van der Waals surface area contributed by atoms with Crippen LogP contribution in [0.15, 0.2) is 6.07 Å². The van der Waals surface area contributed by atoms with Crippen LogP contribution >= 0.6 is 11.6 Å². The number of hydrogen-bond donors (Lipinski definition) is 2. The zero-order valence-electron chi connectivity index (χ0n) is 17.3. The lowest BCUT2D eigenvalue weighted by Gasteiger charge is -2.67. The molecule has 2 fully saturated rings. The summed E-state index contributed by atoms with van der Waals surface area (Å²) < 4.78 is 7.12. The summed E-state index contributed by atoms with van der Waals surface area (Å²) in [4.78, 5) is 12.3. The molecular weight excluding hydrogens is 372 g/mol. The maximum atomic E-state index is 12.3. The van der Waals surface area contributed by atoms with E-state index in [0.717, 1.165) is 36.1 Å². The molecule has 0 saturated heterocycles. The molecule has 5 heteroatoms. The minimum Gasteiger partial charge on any atom is -0.486 e. The van der Waals surface area contributed by atoms with Crippen molar-refractivity contribution in [3.8, 4) is 5.75 Å². The van der Waals surface area contributed by atoms with Crippen LogP contribution in [0, 0.1) is 22.7 Å². The van der Waals surface area contributed by atoms with Gasteiger partial charge in [-0.15, -0.1) is 0 Å². The maximum Gasteiger partial charge on any atom is 0.252 e. The fourth-order valence-electron chi connectivity index (χ4n) is 7.21. The summed E-state index contributed by atoms with van der Waals surface area (Å²) in [6, 6.07) is 1.97. The fourth-order valence-corrected chi connectivity index (χ4v) is 7.47. The lowest BCUT2D eigenvalue weighted by Crippen LogP contribution is -2.71. The molecule has 1 aromatic rings. The Morgan fingerprint density at radius 1 is 1.21 bits per heavy atom. The molecule has 5 rings (SSSR count). The highest BCUT2D eigenvalue weighted by molar-refractivity contribution is 6.32. The summed E-state index contributed by atoms with van der Waals surface area (Å²) >= 11 is 6.70. The number of rotatable bonds is 0. The molecule has 3 N–H and O–H groups in total. The van der Waals surface area contributed by atoms with Gasteiger partial charge < -0.3 is 15.8 Å². The molecule has 5 atom stereocenters. The molecule has 1 amide bonds. The van der Waals surface area contributed by atoms with E-state index in [1.807, 2.05) is 6.07 Å². The van der Waals surface area contributed by atoms with Crippen molar-refractivity contribution in [2.24, 2.45) is 28.4 Å². The lowest BCUT2D eigenvalue weighted by atomic mass is 9.43. The molecule has 1 spiro atoms. The summed E-state index contributed by atoms with van der Waals surface area (Å²) in [7, 11) is 0. The number of nitrogens with one attached hydrogen (secondary N) is 1. The first-order valence-corrected chi connectivity index (χ1v) is 11.0. The van der Waals surface area contributed by atoms with E-state index in [1.54, 1.807) is 0 Å². The Balaban J connectivity index is 1.75. The van der Waals surface area contributed by atoms with Crippen LogP contribution in [0.3, 0.4) is 0 Å². The van der Waals surface area contributed by atoms with Crippen molar-refractivity contribution in [2.45, 2.75) is 78.0 Å². The molecule has 0 radical (unpaired) electrons. The first-order valence-electron chi connectivity index (χ1n) is 10.7. The lowest BCUT2D eigenvalue weighted by molar-refractivity contribution is -0.213. The minimum absolute atomic E-state index is 0.0217. The third kappa shape index (κ3) is 2.19. The van der Waals surface area contributed by atoms with Crippen LogP contribution in [0.1, 0.15) is 74.9 Å². The second-order valence-corrected chi connectivity index (χ2v) is 11.1. The Bertz CT molecular complexity index is 882. The van der Waals surface area contributed by atoms with Crippen LogP contribution in [0.4, 0.5) is 0 Å². The van der Waals surface area contributed by atoms with Crippen molar-refractivity contribution in [3.05, 3.63) is 27.8 Å². The SMILES string of the molecule is C[C@H]1CC[C@H]2C(C)(C)C[C@@H](N)C[C@]23Oc2c(c(Cl)cc4c2CNC4=O)C[C@]13C. The van der Waals surface area contributed by atoms with Crippen LogP contribution in [0.5, 0.6) is 5.75 Å². The van der Waals surface area contributed by atoms with Crippen LogP contribution in [-0.4, -0.2) is 17.6 Å². The number of carbonyl (C=O) groups excluding carboxylic acids is 1. The van der Waals surface area contributed by atoms with Gasteiger partial charge in [0, 0.05) is 52.1 Å². The Morgan fingerprint density at radius 2 is 1.96 bits per heavy atom. The number of nitrogens with two attached hydrogens (primary N) is 1. The molecular formula is C23H31ClN2O2. The van der Waals surface area contributed by atoms with E-state index in [9.17, 15) is 4.79 Å². The third-order valence-corrected chi connectivity index (χ3v) is 9.07. The molecule has 2 aliphatic heterocycles. The summed E-state index contributed by atoms with van der Waals surface area (Å²) in [6.45, 7) is 10.0. The quantitative estimate of drug-likeness (QED) is 0.673. The van der Waals surface area contributed by atoms with Crippen molar-refractivity contribution >= 4 is 17.5 Å². The minimum atomic E-state index is -0.303. The van der Waals surface area contributed by atoms with E-state index in [4.69, 9.17) is 22.1 Å². The largest absolute Gasteiger partial charge is 0.486 e. The van der Waals surface area contributed by atoms with Gasteiger partial charge in [-0.05, 0) is 43.1 Å². The number of carbonyl (C=O) groups is 1. The fraction of sp³-hybridized carbons (Fsp3) is 0.696. The molecule has 2 saturated carbocycles. The zero-order valence-corrected chi connectivity index (χ0v) is 18.1. The van der Waals surface area contributed by atoms with Crippen molar-refractivity contribution in [1.29, 1.82) is 0 Å². The average Bonchev–Trinajstić information content (AvgIpc) is 2.95. The second-order valence-electron chi connectivity index (χ2n) is 10.6. The highest BCUT2D eigenvalue weighted by atomic mass is 35.5. The van der Waals surface area contributed by atoms with E-state index in [0.29, 0.717) is 29.0 Å². The highest BCUT2D eigenvalue weighted by Gasteiger charge is 2.67. The number of amides is 1. The van der Waals surface area contributed by atoms with E-state index in [-0.39, 0.29) is 28.4 Å². The molecule has 0 unspecified atom stereocenters. The Morgan fingerprint density at radius 3 is 2.71 bits per heavy atom. The summed E-state index contributed by atoms with van der Waals surface area (Å²) in [6.07, 6.45) is 5.19. The molecule has 0 bridgehead atoms. The van der Waals surface area contributed by atoms with E-state index >= 15 is 0 Å². The monoisotopic (exact) mass is 402 g/mol. The highest BCUT2D eigenvalue weighted by Crippen LogP contribution is 2.66. The molecule has 1 aromatic carbocycles. The number of hydrogen-bond acceptors (Lipinski definition) is 3. The van der Waals surface area contributed by atoms with Crippen molar-refractivity contribution in [3.63, 3.8) is 0 Å². The van der Waals surface area contributed by atoms with Crippen molar-refractivity contribution in [1.82, 2.24) is 5.32 Å². The Labute approximate surface area is 172 Å². The number of ether oxygens (including phenoxy) is 1. The van der Waals surface area contributed by atoms with Gasteiger partial charge in [-0.2, -0.15) is 0 Å². The van der Waals surface area contributed by atoms with Gasteiger partial charge in [-0.3, -0.25) is 4.79 Å². The van der Waals surface area contributed by atoms with E-state index < -0.39 is 0 Å². The van der Waals surface area contributed by atoms with Crippen molar-refractivity contribution < 1.29 is 9.53 Å². The Kier molecular flexibility index (Phi) is 3.79. The number of halogens is 1. The van der Waals surface area contributed by atoms with Gasteiger partial charge in [0.05, 0.1) is 0 Å². The van der Waals surface area contributed by atoms with Crippen molar-refractivity contribution in [2.75, 3.05) is 0 Å². The van der Waals surface area contributed by atoms with Gasteiger partial charge in [0.2, 0.25) is 0 Å².